The molecule has 0 bridgehead atoms. The highest BCUT2D eigenvalue weighted by Gasteiger charge is 2.16. The fourth-order valence-electron chi connectivity index (χ4n) is 1.83. The Labute approximate surface area is 114 Å². The smallest absolute Gasteiger partial charge is 0.255 e. The Morgan fingerprint density at radius 2 is 2.16 bits per heavy atom. The predicted octanol–water partition coefficient (Wildman–Crippen LogP) is 3.00. The van der Waals surface area contributed by atoms with Crippen LogP contribution < -0.4 is 10.2 Å². The molecule has 0 spiro atoms. The van der Waals surface area contributed by atoms with Crippen molar-refractivity contribution in [2.24, 2.45) is 0 Å². The van der Waals surface area contributed by atoms with E-state index in [1.54, 1.807) is 25.4 Å². The third-order valence-corrected chi connectivity index (χ3v) is 3.94. The zero-order valence-corrected chi connectivity index (χ0v) is 11.9. The Hall–Kier alpha value is -1.50. The minimum absolute atomic E-state index is 0.341. The lowest BCUT2D eigenvalue weighted by molar-refractivity contribution is 0.156. The Morgan fingerprint density at radius 3 is 2.74 bits per heavy atom. The average Bonchev–Trinajstić information content (AvgIpc) is 2.79. The molecule has 0 aliphatic carbocycles. The molecule has 0 aliphatic heterocycles. The fraction of sp³-hybridized carbons (Fsp3) is 0.500. The largest absolute Gasteiger partial charge is 0.357 e. The minimum Gasteiger partial charge on any atom is -0.357 e. The van der Waals surface area contributed by atoms with Gasteiger partial charge in [0.25, 0.3) is 6.43 Å². The fourth-order valence-corrected chi connectivity index (χ4v) is 2.79. The number of nitrogens with one attached hydrogen (secondary N) is 1. The molecule has 0 amide bonds. The Kier molecular flexibility index (Phi) is 4.14. The molecule has 0 radical (unpaired) electrons. The number of hydrogen-bond acceptors (Lipinski definition) is 5. The summed E-state index contributed by atoms with van der Waals surface area (Å²) in [5, 5.41) is 3.70. The summed E-state index contributed by atoms with van der Waals surface area (Å²) < 4.78 is 25.1. The van der Waals surface area contributed by atoms with Crippen molar-refractivity contribution in [2.45, 2.75) is 19.8 Å². The van der Waals surface area contributed by atoms with Crippen LogP contribution in [0.1, 0.15) is 11.8 Å². The average molecular weight is 286 g/mol. The zero-order valence-electron chi connectivity index (χ0n) is 11.1. The molecule has 0 aromatic carbocycles. The second kappa shape index (κ2) is 5.64. The van der Waals surface area contributed by atoms with Crippen LogP contribution in [0, 0.1) is 0 Å². The van der Waals surface area contributed by atoms with Crippen molar-refractivity contribution in [3.05, 3.63) is 10.9 Å². The lowest BCUT2D eigenvalue weighted by atomic mass is 10.3. The number of thiophene rings is 1. The topological polar surface area (TPSA) is 41.1 Å². The highest BCUT2D eigenvalue weighted by atomic mass is 32.1. The molecule has 104 valence electrons. The van der Waals surface area contributed by atoms with Crippen LogP contribution in [0.5, 0.6) is 0 Å². The third kappa shape index (κ3) is 2.91. The summed E-state index contributed by atoms with van der Waals surface area (Å²) in [5.74, 6) is 0.999. The monoisotopic (exact) mass is 286 g/mol. The quantitative estimate of drug-likeness (QED) is 0.917. The zero-order chi connectivity index (χ0) is 14.0. The van der Waals surface area contributed by atoms with Gasteiger partial charge >= 0.3 is 0 Å². The van der Waals surface area contributed by atoms with Gasteiger partial charge in [0, 0.05) is 19.0 Å². The highest BCUT2D eigenvalue weighted by molar-refractivity contribution is 7.18. The van der Waals surface area contributed by atoms with Crippen LogP contribution in [-0.4, -0.2) is 37.0 Å². The van der Waals surface area contributed by atoms with Crippen LogP contribution in [0.3, 0.4) is 0 Å². The van der Waals surface area contributed by atoms with E-state index in [4.69, 9.17) is 0 Å². The Bertz CT molecular complexity index is 570. The van der Waals surface area contributed by atoms with Crippen LogP contribution >= 0.6 is 11.3 Å². The maximum absolute atomic E-state index is 12.5. The van der Waals surface area contributed by atoms with E-state index in [1.807, 2.05) is 6.07 Å². The number of fused-ring (bicyclic) bond motifs is 1. The van der Waals surface area contributed by atoms with E-state index >= 15 is 0 Å². The van der Waals surface area contributed by atoms with Crippen LogP contribution in [0.25, 0.3) is 10.2 Å². The standard InChI is InChI=1S/C12H16F2N4S/c1-4-7-5-8-10(18(3)6-9(13)14)16-12(15-2)17-11(8)19-7/h5,9H,4,6H2,1-3H3,(H,15,16,17). The van der Waals surface area contributed by atoms with Gasteiger partial charge in [0.05, 0.1) is 11.9 Å². The van der Waals surface area contributed by atoms with Gasteiger partial charge in [-0.15, -0.1) is 11.3 Å². The third-order valence-electron chi connectivity index (χ3n) is 2.77. The first kappa shape index (κ1) is 13.9. The molecule has 0 unspecified atom stereocenters. The van der Waals surface area contributed by atoms with Crippen LogP contribution in [0.2, 0.25) is 0 Å². The normalized spacial score (nSPS) is 11.3. The van der Waals surface area contributed by atoms with Gasteiger partial charge in [-0.1, -0.05) is 6.92 Å². The molecular weight excluding hydrogens is 270 g/mol. The first-order valence-corrected chi connectivity index (χ1v) is 6.84. The molecule has 0 fully saturated rings. The number of hydrogen-bond donors (Lipinski definition) is 1. The van der Waals surface area contributed by atoms with Gasteiger partial charge < -0.3 is 10.2 Å². The number of alkyl halides is 2. The van der Waals surface area contributed by atoms with Gasteiger partial charge in [0.15, 0.2) is 0 Å². The van der Waals surface area contributed by atoms with E-state index in [9.17, 15) is 8.78 Å². The van der Waals surface area contributed by atoms with Crippen molar-refractivity contribution >= 4 is 33.3 Å². The second-order valence-electron chi connectivity index (χ2n) is 4.18. The first-order valence-electron chi connectivity index (χ1n) is 6.02. The van der Waals surface area contributed by atoms with Gasteiger partial charge in [-0.2, -0.15) is 4.98 Å². The summed E-state index contributed by atoms with van der Waals surface area (Å²) in [4.78, 5) is 12.1. The van der Waals surface area contributed by atoms with Crippen LogP contribution in [-0.2, 0) is 6.42 Å². The molecule has 0 aliphatic rings. The van der Waals surface area contributed by atoms with Gasteiger partial charge in [0.2, 0.25) is 5.95 Å². The summed E-state index contributed by atoms with van der Waals surface area (Å²) in [6, 6.07) is 1.98. The number of halogens is 2. The SMILES string of the molecule is CCc1cc2c(N(C)CC(F)F)nc(NC)nc2s1. The van der Waals surface area contributed by atoms with Gasteiger partial charge in [-0.05, 0) is 12.5 Å². The molecular formula is C12H16F2N4S. The molecule has 19 heavy (non-hydrogen) atoms. The summed E-state index contributed by atoms with van der Waals surface area (Å²) in [6.07, 6.45) is -1.49. The lowest BCUT2D eigenvalue weighted by Gasteiger charge is -2.18. The molecule has 0 saturated heterocycles. The molecule has 2 aromatic rings. The maximum Gasteiger partial charge on any atom is 0.255 e. The molecule has 2 heterocycles. The van der Waals surface area contributed by atoms with E-state index in [-0.39, 0.29) is 6.54 Å². The van der Waals surface area contributed by atoms with E-state index in [2.05, 4.69) is 22.2 Å². The van der Waals surface area contributed by atoms with Crippen molar-refractivity contribution < 1.29 is 8.78 Å². The van der Waals surface area contributed by atoms with E-state index in [0.717, 1.165) is 16.6 Å². The van der Waals surface area contributed by atoms with E-state index in [1.165, 1.54) is 9.78 Å². The lowest BCUT2D eigenvalue weighted by Crippen LogP contribution is -2.25. The van der Waals surface area contributed by atoms with E-state index < -0.39 is 6.43 Å². The number of aromatic nitrogens is 2. The van der Waals surface area contributed by atoms with Crippen molar-refractivity contribution in [2.75, 3.05) is 30.9 Å². The van der Waals surface area contributed by atoms with Crippen molar-refractivity contribution in [1.29, 1.82) is 0 Å². The van der Waals surface area contributed by atoms with Crippen LogP contribution in [0.15, 0.2) is 6.07 Å². The maximum atomic E-state index is 12.5. The highest BCUT2D eigenvalue weighted by Crippen LogP contribution is 2.32. The van der Waals surface area contributed by atoms with Crippen molar-refractivity contribution in [3.8, 4) is 0 Å². The Morgan fingerprint density at radius 1 is 1.42 bits per heavy atom. The number of anilines is 2. The summed E-state index contributed by atoms with van der Waals surface area (Å²) in [7, 11) is 3.34. The van der Waals surface area contributed by atoms with E-state index in [0.29, 0.717) is 11.8 Å². The summed E-state index contributed by atoms with van der Waals surface area (Å²) in [5.41, 5.74) is 0. The van der Waals surface area contributed by atoms with Crippen LogP contribution in [0.4, 0.5) is 20.5 Å². The molecule has 0 saturated carbocycles. The number of nitrogens with zero attached hydrogens (tertiary/aromatic N) is 3. The first-order chi connectivity index (χ1) is 9.05. The van der Waals surface area contributed by atoms with Gasteiger partial charge in [-0.25, -0.2) is 13.8 Å². The predicted molar refractivity (Wildman–Crippen MR) is 75.6 cm³/mol. The minimum atomic E-state index is -2.39. The molecule has 2 aromatic heterocycles. The molecule has 2 rings (SSSR count). The molecule has 0 atom stereocenters. The second-order valence-corrected chi connectivity index (χ2v) is 5.29. The summed E-state index contributed by atoms with van der Waals surface area (Å²) >= 11 is 1.57. The van der Waals surface area contributed by atoms with Crippen molar-refractivity contribution in [3.63, 3.8) is 0 Å². The number of rotatable bonds is 5. The van der Waals surface area contributed by atoms with Gasteiger partial charge in [0.1, 0.15) is 10.6 Å². The molecule has 7 heteroatoms. The summed E-state index contributed by atoms with van der Waals surface area (Å²) in [6.45, 7) is 1.71. The van der Waals surface area contributed by atoms with Crippen molar-refractivity contribution in [1.82, 2.24) is 9.97 Å². The molecule has 4 nitrogen and oxygen atoms in total. The van der Waals surface area contributed by atoms with Gasteiger partial charge in [-0.3, -0.25) is 0 Å². The Balaban J connectivity index is 2.52. The number of aryl methyl sites for hydroxylation is 1. The molecule has 1 N–H and O–H groups in total.